The van der Waals surface area contributed by atoms with Crippen molar-refractivity contribution in [2.24, 2.45) is 0 Å². The maximum atomic E-state index is 10.8. The molecule has 5 heteroatoms. The third kappa shape index (κ3) is 2.61. The SMILES string of the molecule is COC(C)C(C)(C)c1cc(NC(C)=O)no1. The summed E-state index contributed by atoms with van der Waals surface area (Å²) in [5.41, 5.74) is -0.293. The Hall–Kier alpha value is -1.36. The van der Waals surface area contributed by atoms with E-state index in [9.17, 15) is 4.79 Å². The van der Waals surface area contributed by atoms with Crippen LogP contribution in [0.1, 0.15) is 33.5 Å². The van der Waals surface area contributed by atoms with Crippen molar-refractivity contribution in [3.63, 3.8) is 0 Å². The minimum absolute atomic E-state index is 0.00868. The van der Waals surface area contributed by atoms with Crippen molar-refractivity contribution in [3.05, 3.63) is 11.8 Å². The monoisotopic (exact) mass is 226 g/mol. The Morgan fingerprint density at radius 2 is 2.25 bits per heavy atom. The van der Waals surface area contributed by atoms with Gasteiger partial charge < -0.3 is 14.6 Å². The Morgan fingerprint density at radius 3 is 2.75 bits per heavy atom. The quantitative estimate of drug-likeness (QED) is 0.852. The molecular formula is C11H18N2O3. The fourth-order valence-corrected chi connectivity index (χ4v) is 1.31. The molecule has 0 aromatic carbocycles. The van der Waals surface area contributed by atoms with E-state index in [0.717, 1.165) is 0 Å². The first kappa shape index (κ1) is 12.7. The molecule has 1 N–H and O–H groups in total. The fourth-order valence-electron chi connectivity index (χ4n) is 1.31. The summed E-state index contributed by atoms with van der Waals surface area (Å²) < 4.78 is 10.5. The molecule has 1 rings (SSSR count). The van der Waals surface area contributed by atoms with Crippen molar-refractivity contribution in [2.45, 2.75) is 39.2 Å². The van der Waals surface area contributed by atoms with Crippen LogP contribution in [0.15, 0.2) is 10.6 Å². The number of carbonyl (C=O) groups excluding carboxylic acids is 1. The molecular weight excluding hydrogens is 208 g/mol. The van der Waals surface area contributed by atoms with Gasteiger partial charge in [0.15, 0.2) is 5.82 Å². The topological polar surface area (TPSA) is 64.4 Å². The predicted molar refractivity (Wildman–Crippen MR) is 60.3 cm³/mol. The number of hydrogen-bond acceptors (Lipinski definition) is 4. The fraction of sp³-hybridized carbons (Fsp3) is 0.636. The van der Waals surface area contributed by atoms with Crippen LogP contribution in [-0.4, -0.2) is 24.3 Å². The Morgan fingerprint density at radius 1 is 1.62 bits per heavy atom. The van der Waals surface area contributed by atoms with Gasteiger partial charge in [-0.05, 0) is 6.92 Å². The second-order valence-corrected chi connectivity index (χ2v) is 4.36. The van der Waals surface area contributed by atoms with E-state index in [0.29, 0.717) is 11.6 Å². The van der Waals surface area contributed by atoms with E-state index in [4.69, 9.17) is 9.26 Å². The normalized spacial score (nSPS) is 13.6. The minimum atomic E-state index is -0.293. The molecule has 1 atom stereocenters. The first-order chi connectivity index (χ1) is 7.37. The summed E-state index contributed by atoms with van der Waals surface area (Å²) in [7, 11) is 1.65. The van der Waals surface area contributed by atoms with Gasteiger partial charge in [0.05, 0.1) is 11.5 Å². The largest absolute Gasteiger partial charge is 0.381 e. The van der Waals surface area contributed by atoms with Crippen LogP contribution in [0.4, 0.5) is 5.82 Å². The van der Waals surface area contributed by atoms with E-state index >= 15 is 0 Å². The lowest BCUT2D eigenvalue weighted by Crippen LogP contribution is -2.32. The molecule has 0 aliphatic carbocycles. The Labute approximate surface area is 95.1 Å². The van der Waals surface area contributed by atoms with Gasteiger partial charge in [-0.2, -0.15) is 0 Å². The van der Waals surface area contributed by atoms with Crippen LogP contribution < -0.4 is 5.32 Å². The highest BCUT2D eigenvalue weighted by Gasteiger charge is 2.32. The number of carbonyl (C=O) groups is 1. The second kappa shape index (κ2) is 4.65. The van der Waals surface area contributed by atoms with E-state index in [1.165, 1.54) is 6.92 Å². The van der Waals surface area contributed by atoms with Crippen LogP contribution in [-0.2, 0) is 14.9 Å². The third-order valence-electron chi connectivity index (χ3n) is 2.82. The van der Waals surface area contributed by atoms with Crippen LogP contribution >= 0.6 is 0 Å². The minimum Gasteiger partial charge on any atom is -0.381 e. The molecule has 0 radical (unpaired) electrons. The molecule has 1 amide bonds. The predicted octanol–water partition coefficient (Wildman–Crippen LogP) is 1.95. The molecule has 90 valence electrons. The first-order valence-corrected chi connectivity index (χ1v) is 5.15. The molecule has 0 aliphatic rings. The molecule has 0 spiro atoms. The number of nitrogens with one attached hydrogen (secondary N) is 1. The molecule has 1 unspecified atom stereocenters. The molecule has 1 aromatic rings. The van der Waals surface area contributed by atoms with Crippen molar-refractivity contribution in [1.29, 1.82) is 0 Å². The van der Waals surface area contributed by atoms with E-state index in [1.807, 2.05) is 20.8 Å². The number of nitrogens with zero attached hydrogens (tertiary/aromatic N) is 1. The van der Waals surface area contributed by atoms with Crippen LogP contribution in [0.25, 0.3) is 0 Å². The lowest BCUT2D eigenvalue weighted by atomic mass is 9.84. The van der Waals surface area contributed by atoms with Crippen molar-refractivity contribution in [1.82, 2.24) is 5.16 Å². The summed E-state index contributed by atoms with van der Waals surface area (Å²) >= 11 is 0. The van der Waals surface area contributed by atoms with Crippen LogP contribution in [0.2, 0.25) is 0 Å². The number of rotatable bonds is 4. The smallest absolute Gasteiger partial charge is 0.222 e. The lowest BCUT2D eigenvalue weighted by Gasteiger charge is -2.27. The zero-order valence-corrected chi connectivity index (χ0v) is 10.3. The molecule has 5 nitrogen and oxygen atoms in total. The molecule has 0 fully saturated rings. The van der Waals surface area contributed by atoms with Crippen LogP contribution in [0.3, 0.4) is 0 Å². The molecule has 0 saturated heterocycles. The molecule has 0 aliphatic heterocycles. The maximum Gasteiger partial charge on any atom is 0.222 e. The summed E-state index contributed by atoms with van der Waals surface area (Å²) in [4.78, 5) is 10.8. The molecule has 0 bridgehead atoms. The van der Waals surface area contributed by atoms with E-state index in [2.05, 4.69) is 10.5 Å². The first-order valence-electron chi connectivity index (χ1n) is 5.15. The third-order valence-corrected chi connectivity index (χ3v) is 2.82. The second-order valence-electron chi connectivity index (χ2n) is 4.36. The van der Waals surface area contributed by atoms with Crippen LogP contribution in [0, 0.1) is 0 Å². The highest BCUT2D eigenvalue weighted by Crippen LogP contribution is 2.30. The average molecular weight is 226 g/mol. The zero-order valence-electron chi connectivity index (χ0n) is 10.3. The maximum absolute atomic E-state index is 10.8. The van der Waals surface area contributed by atoms with E-state index < -0.39 is 0 Å². The lowest BCUT2D eigenvalue weighted by molar-refractivity contribution is -0.114. The van der Waals surface area contributed by atoms with Gasteiger partial charge in [0.1, 0.15) is 5.76 Å². The zero-order chi connectivity index (χ0) is 12.3. The van der Waals surface area contributed by atoms with Crippen LogP contribution in [0.5, 0.6) is 0 Å². The van der Waals surface area contributed by atoms with Crippen molar-refractivity contribution in [3.8, 4) is 0 Å². The van der Waals surface area contributed by atoms with Gasteiger partial charge >= 0.3 is 0 Å². The van der Waals surface area contributed by atoms with Gasteiger partial charge in [-0.1, -0.05) is 19.0 Å². The summed E-state index contributed by atoms with van der Waals surface area (Å²) in [6, 6.07) is 1.72. The summed E-state index contributed by atoms with van der Waals surface area (Å²) in [6.45, 7) is 7.39. The number of aromatic nitrogens is 1. The average Bonchev–Trinajstić information content (AvgIpc) is 2.64. The number of amides is 1. The van der Waals surface area contributed by atoms with Gasteiger partial charge in [0.25, 0.3) is 0 Å². The van der Waals surface area contributed by atoms with Gasteiger partial charge in [0.2, 0.25) is 5.91 Å². The number of ether oxygens (including phenoxy) is 1. The molecule has 1 heterocycles. The molecule has 1 aromatic heterocycles. The Kier molecular flexibility index (Phi) is 3.70. The van der Waals surface area contributed by atoms with E-state index in [1.54, 1.807) is 13.2 Å². The van der Waals surface area contributed by atoms with Crippen molar-refractivity contribution in [2.75, 3.05) is 12.4 Å². The summed E-state index contributed by atoms with van der Waals surface area (Å²) in [5, 5.41) is 6.35. The Bertz CT molecular complexity index is 371. The van der Waals surface area contributed by atoms with Crippen molar-refractivity contribution < 1.29 is 14.1 Å². The van der Waals surface area contributed by atoms with E-state index in [-0.39, 0.29) is 17.4 Å². The molecule has 16 heavy (non-hydrogen) atoms. The standard InChI is InChI=1S/C11H18N2O3/c1-7(15-5)11(3,4)9-6-10(13-16-9)12-8(2)14/h6-7H,1-5H3,(H,12,13,14). The number of anilines is 1. The highest BCUT2D eigenvalue weighted by atomic mass is 16.5. The molecule has 0 saturated carbocycles. The summed E-state index contributed by atoms with van der Waals surface area (Å²) in [5.74, 6) is 0.946. The van der Waals surface area contributed by atoms with Gasteiger partial charge in [-0.25, -0.2) is 0 Å². The number of hydrogen-bond donors (Lipinski definition) is 1. The highest BCUT2D eigenvalue weighted by molar-refractivity contribution is 5.87. The van der Waals surface area contributed by atoms with Crippen molar-refractivity contribution >= 4 is 11.7 Å². The Balaban J connectivity index is 2.88. The van der Waals surface area contributed by atoms with Gasteiger partial charge in [-0.3, -0.25) is 4.79 Å². The summed E-state index contributed by atoms with van der Waals surface area (Å²) in [6.07, 6.45) is -0.00868. The van der Waals surface area contributed by atoms with Gasteiger partial charge in [-0.15, -0.1) is 0 Å². The van der Waals surface area contributed by atoms with Gasteiger partial charge in [0, 0.05) is 20.1 Å². The number of methoxy groups -OCH3 is 1.